The van der Waals surface area contributed by atoms with Crippen molar-refractivity contribution in [1.29, 1.82) is 0 Å². The van der Waals surface area contributed by atoms with Crippen molar-refractivity contribution in [3.05, 3.63) is 0 Å². The summed E-state index contributed by atoms with van der Waals surface area (Å²) >= 11 is 0. The van der Waals surface area contributed by atoms with Crippen LogP contribution in [0.4, 0.5) is 4.79 Å². The molecule has 160 valence electrons. The number of carbonyl (C=O) groups excluding carboxylic acids is 4. The Hall–Kier alpha value is -2.32. The van der Waals surface area contributed by atoms with E-state index in [1.165, 1.54) is 20.8 Å². The molecule has 28 heavy (non-hydrogen) atoms. The van der Waals surface area contributed by atoms with E-state index < -0.39 is 41.7 Å². The predicted octanol–water partition coefficient (Wildman–Crippen LogP) is 1.68. The zero-order chi connectivity index (χ0) is 21.5. The fraction of sp³-hybridized carbons (Fsp3) is 0.789. The average molecular weight is 400 g/mol. The lowest BCUT2D eigenvalue weighted by molar-refractivity contribution is -0.157. The Bertz CT molecular complexity index is 585. The van der Waals surface area contributed by atoms with Crippen molar-refractivity contribution in [3.63, 3.8) is 0 Å². The number of carbonyl (C=O) groups is 4. The maximum atomic E-state index is 12.3. The molecule has 0 aromatic carbocycles. The van der Waals surface area contributed by atoms with Crippen LogP contribution in [-0.4, -0.2) is 54.3 Å². The van der Waals surface area contributed by atoms with E-state index in [1.807, 2.05) is 0 Å². The molecule has 0 bridgehead atoms. The van der Waals surface area contributed by atoms with Crippen molar-refractivity contribution in [2.75, 3.05) is 6.54 Å². The van der Waals surface area contributed by atoms with E-state index in [-0.39, 0.29) is 18.6 Å². The van der Waals surface area contributed by atoms with Crippen molar-refractivity contribution >= 4 is 23.9 Å². The summed E-state index contributed by atoms with van der Waals surface area (Å²) in [6.07, 6.45) is 0.574. The van der Waals surface area contributed by atoms with Crippen LogP contribution in [0.3, 0.4) is 0 Å². The van der Waals surface area contributed by atoms with E-state index in [2.05, 4.69) is 10.6 Å². The molecule has 9 heteroatoms. The van der Waals surface area contributed by atoms with E-state index >= 15 is 0 Å². The molecular formula is C19H32N2O7. The van der Waals surface area contributed by atoms with Crippen LogP contribution in [0, 0.1) is 5.92 Å². The first-order chi connectivity index (χ1) is 12.9. The largest absolute Gasteiger partial charge is 0.462 e. The lowest BCUT2D eigenvalue weighted by Gasteiger charge is -2.28. The third-order valence-electron chi connectivity index (χ3n) is 4.22. The number of ether oxygens (including phenoxy) is 3. The van der Waals surface area contributed by atoms with Crippen LogP contribution < -0.4 is 10.6 Å². The van der Waals surface area contributed by atoms with Crippen LogP contribution in [0.5, 0.6) is 0 Å². The molecule has 1 fully saturated rings. The molecule has 1 rings (SSSR count). The van der Waals surface area contributed by atoms with Crippen LogP contribution >= 0.6 is 0 Å². The highest BCUT2D eigenvalue weighted by Gasteiger charge is 2.38. The molecule has 0 spiro atoms. The number of nitrogens with one attached hydrogen (secondary N) is 2. The number of hydrogen-bond donors (Lipinski definition) is 2. The minimum absolute atomic E-state index is 0.0567. The van der Waals surface area contributed by atoms with Crippen molar-refractivity contribution in [1.82, 2.24) is 10.6 Å². The Kier molecular flexibility index (Phi) is 8.71. The number of esters is 2. The van der Waals surface area contributed by atoms with Gasteiger partial charge < -0.3 is 24.8 Å². The van der Waals surface area contributed by atoms with Crippen molar-refractivity contribution < 1.29 is 33.4 Å². The minimum Gasteiger partial charge on any atom is -0.462 e. The van der Waals surface area contributed by atoms with Crippen molar-refractivity contribution in [2.24, 2.45) is 5.92 Å². The molecule has 0 radical (unpaired) electrons. The summed E-state index contributed by atoms with van der Waals surface area (Å²) in [5, 5.41) is 5.13. The van der Waals surface area contributed by atoms with E-state index in [9.17, 15) is 19.2 Å². The Morgan fingerprint density at radius 2 is 1.71 bits per heavy atom. The molecule has 0 aliphatic heterocycles. The molecule has 0 aromatic heterocycles. The predicted molar refractivity (Wildman–Crippen MR) is 100 cm³/mol. The highest BCUT2D eigenvalue weighted by atomic mass is 16.6. The molecule has 0 heterocycles. The lowest BCUT2D eigenvalue weighted by atomic mass is 9.98. The molecule has 1 aliphatic rings. The van der Waals surface area contributed by atoms with Gasteiger partial charge in [-0.15, -0.1) is 0 Å². The molecule has 4 unspecified atom stereocenters. The number of alkyl carbamates (subject to hydrolysis) is 1. The van der Waals surface area contributed by atoms with E-state index in [0.29, 0.717) is 6.42 Å². The molecule has 2 N–H and O–H groups in total. The van der Waals surface area contributed by atoms with Crippen LogP contribution in [-0.2, 0) is 28.6 Å². The zero-order valence-corrected chi connectivity index (χ0v) is 17.5. The Morgan fingerprint density at radius 1 is 1.07 bits per heavy atom. The van der Waals surface area contributed by atoms with Crippen molar-refractivity contribution in [3.8, 4) is 0 Å². The summed E-state index contributed by atoms with van der Waals surface area (Å²) in [4.78, 5) is 46.9. The van der Waals surface area contributed by atoms with Gasteiger partial charge in [-0.2, -0.15) is 0 Å². The molecule has 4 atom stereocenters. The maximum absolute atomic E-state index is 12.3. The number of hydrogen-bond acceptors (Lipinski definition) is 7. The first-order valence-corrected chi connectivity index (χ1v) is 9.50. The van der Waals surface area contributed by atoms with Gasteiger partial charge in [0.05, 0.1) is 6.54 Å². The smallest absolute Gasteiger partial charge is 0.408 e. The summed E-state index contributed by atoms with van der Waals surface area (Å²) in [6, 6.07) is -0.833. The minimum atomic E-state index is -0.833. The van der Waals surface area contributed by atoms with Gasteiger partial charge in [-0.1, -0.05) is 0 Å². The summed E-state index contributed by atoms with van der Waals surface area (Å²) in [7, 11) is 0. The third kappa shape index (κ3) is 8.58. The lowest BCUT2D eigenvalue weighted by Crippen LogP contribution is -2.49. The first kappa shape index (κ1) is 23.7. The maximum Gasteiger partial charge on any atom is 0.408 e. The highest BCUT2D eigenvalue weighted by molar-refractivity contribution is 5.85. The second-order valence-electron chi connectivity index (χ2n) is 8.00. The number of amides is 2. The van der Waals surface area contributed by atoms with Crippen LogP contribution in [0.1, 0.15) is 60.8 Å². The van der Waals surface area contributed by atoms with Gasteiger partial charge in [0.25, 0.3) is 0 Å². The van der Waals surface area contributed by atoms with Gasteiger partial charge in [-0.3, -0.25) is 14.4 Å². The Labute approximate surface area is 165 Å². The summed E-state index contributed by atoms with van der Waals surface area (Å²) in [6.45, 7) is 9.38. The fourth-order valence-electron chi connectivity index (χ4n) is 3.14. The quantitative estimate of drug-likeness (QED) is 0.493. The standard InChI is InChI=1S/C19H32N2O7/c1-11(21-18(25)28-19(4,5)6)17(24)20-10-16(27-13(3)23)14-8-7-9-15(14)26-12(2)22/h11,14-16H,7-10H2,1-6H3,(H,20,24)(H,21,25). The Morgan fingerprint density at radius 3 is 2.25 bits per heavy atom. The van der Waals surface area contributed by atoms with Gasteiger partial charge in [0.2, 0.25) is 5.91 Å². The molecule has 2 amide bonds. The van der Waals surface area contributed by atoms with Crippen LogP contribution in [0.15, 0.2) is 0 Å². The van der Waals surface area contributed by atoms with E-state index in [1.54, 1.807) is 20.8 Å². The molecule has 1 saturated carbocycles. The van der Waals surface area contributed by atoms with Crippen molar-refractivity contribution in [2.45, 2.75) is 84.7 Å². The van der Waals surface area contributed by atoms with Gasteiger partial charge in [0.15, 0.2) is 0 Å². The van der Waals surface area contributed by atoms with Gasteiger partial charge in [-0.05, 0) is 47.0 Å². The SMILES string of the molecule is CC(=O)OC1CCCC1C(CNC(=O)C(C)NC(=O)OC(C)(C)C)OC(C)=O. The average Bonchev–Trinajstić information content (AvgIpc) is 2.95. The van der Waals surface area contributed by atoms with Crippen LogP contribution in [0.2, 0.25) is 0 Å². The first-order valence-electron chi connectivity index (χ1n) is 9.50. The third-order valence-corrected chi connectivity index (χ3v) is 4.22. The van der Waals surface area contributed by atoms with Crippen LogP contribution in [0.25, 0.3) is 0 Å². The van der Waals surface area contributed by atoms with Gasteiger partial charge in [-0.25, -0.2) is 4.79 Å². The zero-order valence-electron chi connectivity index (χ0n) is 17.5. The Balaban J connectivity index is 2.64. The molecule has 1 aliphatic carbocycles. The van der Waals surface area contributed by atoms with Gasteiger partial charge in [0, 0.05) is 19.8 Å². The summed E-state index contributed by atoms with van der Waals surface area (Å²) in [5.41, 5.74) is -0.672. The molecular weight excluding hydrogens is 368 g/mol. The van der Waals surface area contributed by atoms with Gasteiger partial charge in [0.1, 0.15) is 23.9 Å². The molecule has 9 nitrogen and oxygen atoms in total. The second kappa shape index (κ2) is 10.3. The van der Waals surface area contributed by atoms with E-state index in [0.717, 1.165) is 12.8 Å². The normalized spacial score (nSPS) is 21.2. The number of rotatable bonds is 7. The monoisotopic (exact) mass is 400 g/mol. The summed E-state index contributed by atoms with van der Waals surface area (Å²) < 4.78 is 15.8. The second-order valence-corrected chi connectivity index (χ2v) is 8.00. The van der Waals surface area contributed by atoms with Gasteiger partial charge >= 0.3 is 18.0 Å². The highest BCUT2D eigenvalue weighted by Crippen LogP contribution is 2.32. The fourth-order valence-corrected chi connectivity index (χ4v) is 3.14. The molecule has 0 saturated heterocycles. The molecule has 0 aromatic rings. The summed E-state index contributed by atoms with van der Waals surface area (Å²) in [5.74, 6) is -1.50. The topological polar surface area (TPSA) is 120 Å². The van der Waals surface area contributed by atoms with E-state index in [4.69, 9.17) is 14.2 Å².